The fourth-order valence-corrected chi connectivity index (χ4v) is 3.72. The first kappa shape index (κ1) is 18.6. The van der Waals surface area contributed by atoms with Crippen molar-refractivity contribution in [3.63, 3.8) is 0 Å². The predicted octanol–water partition coefficient (Wildman–Crippen LogP) is 4.42. The number of fused-ring (bicyclic) bond motifs is 1. The summed E-state index contributed by atoms with van der Waals surface area (Å²) >= 11 is 4.62. The number of hydrogen-bond donors (Lipinski definition) is 1. The molecule has 0 radical (unpaired) electrons. The van der Waals surface area contributed by atoms with Crippen molar-refractivity contribution in [2.24, 2.45) is 10.1 Å². The van der Waals surface area contributed by atoms with E-state index in [2.05, 4.69) is 26.0 Å². The van der Waals surface area contributed by atoms with Gasteiger partial charge in [-0.05, 0) is 57.5 Å². The summed E-state index contributed by atoms with van der Waals surface area (Å²) in [6.45, 7) is 0.0942. The van der Waals surface area contributed by atoms with Gasteiger partial charge in [-0.1, -0.05) is 24.3 Å². The lowest BCUT2D eigenvalue weighted by atomic mass is 10.1. The zero-order chi connectivity index (χ0) is 19.7. The molecule has 0 atom stereocenters. The third kappa shape index (κ3) is 3.63. The molecule has 1 N–H and O–H groups in total. The molecule has 2 aromatic carbocycles. The predicted molar refractivity (Wildman–Crippen MR) is 111 cm³/mol. The van der Waals surface area contributed by atoms with Crippen LogP contribution in [0.5, 0.6) is 5.75 Å². The van der Waals surface area contributed by atoms with E-state index in [4.69, 9.17) is 10.1 Å². The van der Waals surface area contributed by atoms with Crippen LogP contribution in [0, 0.1) is 11.2 Å². The number of nitrogens with zero attached hydrogens (tertiary/aromatic N) is 3. The van der Waals surface area contributed by atoms with Crippen molar-refractivity contribution < 1.29 is 13.9 Å². The van der Waals surface area contributed by atoms with Gasteiger partial charge >= 0.3 is 0 Å². The van der Waals surface area contributed by atoms with E-state index in [0.717, 1.165) is 0 Å². The van der Waals surface area contributed by atoms with Crippen LogP contribution in [-0.2, 0) is 11.4 Å². The van der Waals surface area contributed by atoms with Gasteiger partial charge in [0.1, 0.15) is 18.2 Å². The minimum absolute atomic E-state index is 0.0211. The molecule has 0 saturated heterocycles. The van der Waals surface area contributed by atoms with Crippen LogP contribution in [-0.4, -0.2) is 27.5 Å². The van der Waals surface area contributed by atoms with Gasteiger partial charge in [0.25, 0.3) is 5.91 Å². The first-order chi connectivity index (χ1) is 13.5. The second-order valence-corrected chi connectivity index (χ2v) is 7.49. The molecule has 0 aliphatic carbocycles. The van der Waals surface area contributed by atoms with Gasteiger partial charge in [-0.2, -0.15) is 15.1 Å². The normalized spacial score (nSPS) is 17.1. The number of amides is 1. The summed E-state index contributed by atoms with van der Waals surface area (Å²) in [5.41, 5.74) is 2.82. The minimum Gasteiger partial charge on any atom is -0.488 e. The minimum atomic E-state index is -0.481. The Kier molecular flexibility index (Phi) is 5.10. The highest BCUT2D eigenvalue weighted by Crippen LogP contribution is 2.29. The number of hydrazone groups is 1. The maximum absolute atomic E-state index is 13.7. The van der Waals surface area contributed by atoms with E-state index < -0.39 is 5.91 Å². The molecule has 0 fully saturated rings. The Balaban J connectivity index is 1.54. The molecule has 2 heterocycles. The van der Waals surface area contributed by atoms with Gasteiger partial charge in [0.05, 0.1) is 15.6 Å². The van der Waals surface area contributed by atoms with Gasteiger partial charge in [-0.25, -0.2) is 4.39 Å². The monoisotopic (exact) mass is 458 g/mol. The maximum Gasteiger partial charge on any atom is 0.283 e. The Morgan fingerprint density at radius 3 is 2.89 bits per heavy atom. The van der Waals surface area contributed by atoms with Gasteiger partial charge in [0.15, 0.2) is 11.0 Å². The van der Waals surface area contributed by atoms with Crippen molar-refractivity contribution in [3.05, 3.63) is 69.5 Å². The summed E-state index contributed by atoms with van der Waals surface area (Å²) < 4.78 is 20.0. The number of benzene rings is 2. The lowest BCUT2D eigenvalue weighted by Gasteiger charge is -2.20. The zero-order valence-electron chi connectivity index (χ0n) is 14.2. The van der Waals surface area contributed by atoms with Crippen LogP contribution in [0.4, 0.5) is 4.39 Å². The molecule has 0 bridgehead atoms. The standard InChI is InChI=1S/C19H12BrFN4O2S/c20-14-8-11(5-6-16(14)27-9-12-3-1-2-4-15(12)21)7-13-17(22)25-19(24-18(13)26)28-10-23-25/h1-8,10,22H,9H2/b13-7-,22-17?. The average Bonchev–Trinajstić information content (AvgIpc) is 3.14. The Morgan fingerprint density at radius 2 is 2.11 bits per heavy atom. The Morgan fingerprint density at radius 1 is 1.29 bits per heavy atom. The Hall–Kier alpha value is -2.78. The molecular formula is C19H12BrFN4O2S. The fraction of sp³-hybridized carbons (Fsp3) is 0.0526. The number of nitrogens with one attached hydrogen (secondary N) is 1. The quantitative estimate of drug-likeness (QED) is 0.687. The van der Waals surface area contributed by atoms with E-state index in [0.29, 0.717) is 26.5 Å². The number of carbonyl (C=O) groups is 1. The van der Waals surface area contributed by atoms with Crippen LogP contribution in [0.2, 0.25) is 0 Å². The summed E-state index contributed by atoms with van der Waals surface area (Å²) in [5.74, 6) is -0.286. The molecule has 0 unspecified atom stereocenters. The van der Waals surface area contributed by atoms with E-state index in [1.54, 1.807) is 42.5 Å². The summed E-state index contributed by atoms with van der Waals surface area (Å²) in [4.78, 5) is 16.2. The van der Waals surface area contributed by atoms with E-state index in [9.17, 15) is 9.18 Å². The van der Waals surface area contributed by atoms with Gasteiger partial charge in [-0.3, -0.25) is 10.2 Å². The zero-order valence-corrected chi connectivity index (χ0v) is 16.6. The fourth-order valence-electron chi connectivity index (χ4n) is 2.60. The Labute approximate surface area is 172 Å². The summed E-state index contributed by atoms with van der Waals surface area (Å²) in [7, 11) is 0. The van der Waals surface area contributed by atoms with Crippen molar-refractivity contribution in [2.75, 3.05) is 0 Å². The van der Waals surface area contributed by atoms with Crippen LogP contribution >= 0.6 is 27.7 Å². The number of thioether (sulfide) groups is 1. The summed E-state index contributed by atoms with van der Waals surface area (Å²) in [6.07, 6.45) is 1.58. The third-order valence-electron chi connectivity index (χ3n) is 4.00. The largest absolute Gasteiger partial charge is 0.488 e. The summed E-state index contributed by atoms with van der Waals surface area (Å²) in [5, 5.41) is 13.9. The number of rotatable bonds is 4. The van der Waals surface area contributed by atoms with Crippen molar-refractivity contribution in [3.8, 4) is 5.75 Å². The summed E-state index contributed by atoms with van der Waals surface area (Å²) in [6, 6.07) is 11.6. The van der Waals surface area contributed by atoms with E-state index in [1.807, 2.05) is 0 Å². The number of amidine groups is 2. The second-order valence-electron chi connectivity index (χ2n) is 5.83. The molecule has 28 heavy (non-hydrogen) atoms. The third-order valence-corrected chi connectivity index (χ3v) is 5.30. The van der Waals surface area contributed by atoms with Gasteiger partial charge in [0.2, 0.25) is 0 Å². The molecule has 2 aliphatic rings. The van der Waals surface area contributed by atoms with Crippen LogP contribution in [0.25, 0.3) is 6.08 Å². The molecule has 1 amide bonds. The molecule has 9 heteroatoms. The highest BCUT2D eigenvalue weighted by atomic mass is 79.9. The molecule has 4 rings (SSSR count). The van der Waals surface area contributed by atoms with Gasteiger partial charge in [-0.15, -0.1) is 0 Å². The molecule has 2 aliphatic heterocycles. The molecule has 0 spiro atoms. The number of aliphatic imine (C=N–C) groups is 1. The number of carbonyl (C=O) groups excluding carboxylic acids is 1. The van der Waals surface area contributed by atoms with Crippen LogP contribution in [0.1, 0.15) is 11.1 Å². The highest BCUT2D eigenvalue weighted by Gasteiger charge is 2.32. The maximum atomic E-state index is 13.7. The lowest BCUT2D eigenvalue weighted by Crippen LogP contribution is -2.35. The number of hydrogen-bond acceptors (Lipinski definition) is 5. The molecule has 2 aromatic rings. The van der Waals surface area contributed by atoms with Crippen molar-refractivity contribution in [1.29, 1.82) is 5.41 Å². The van der Waals surface area contributed by atoms with E-state index in [-0.39, 0.29) is 23.8 Å². The molecule has 0 aromatic heterocycles. The van der Waals surface area contributed by atoms with Crippen molar-refractivity contribution >= 4 is 56.2 Å². The van der Waals surface area contributed by atoms with Crippen LogP contribution in [0.15, 0.2) is 62.6 Å². The number of halogens is 2. The van der Waals surface area contributed by atoms with Crippen molar-refractivity contribution in [1.82, 2.24) is 5.01 Å². The molecule has 140 valence electrons. The SMILES string of the molecule is N=C1/C(=C/c2ccc(OCc3ccccc3F)c(Br)c2)C(=O)N=C2SC=NN12. The molecular weight excluding hydrogens is 447 g/mol. The number of ether oxygens (including phenoxy) is 1. The molecule has 0 saturated carbocycles. The average molecular weight is 459 g/mol. The van der Waals surface area contributed by atoms with Crippen LogP contribution in [0.3, 0.4) is 0 Å². The highest BCUT2D eigenvalue weighted by molar-refractivity contribution is 9.10. The van der Waals surface area contributed by atoms with E-state index >= 15 is 0 Å². The van der Waals surface area contributed by atoms with Gasteiger partial charge < -0.3 is 4.74 Å². The van der Waals surface area contributed by atoms with E-state index in [1.165, 1.54) is 28.4 Å². The lowest BCUT2D eigenvalue weighted by molar-refractivity contribution is -0.114. The van der Waals surface area contributed by atoms with Crippen molar-refractivity contribution in [2.45, 2.75) is 6.61 Å². The second kappa shape index (κ2) is 7.69. The topological polar surface area (TPSA) is 78.1 Å². The Bertz CT molecular complexity index is 1080. The smallest absolute Gasteiger partial charge is 0.283 e. The first-order valence-electron chi connectivity index (χ1n) is 8.11. The van der Waals surface area contributed by atoms with Crippen LogP contribution < -0.4 is 4.74 Å². The molecule has 6 nitrogen and oxygen atoms in total. The first-order valence-corrected chi connectivity index (χ1v) is 9.79. The van der Waals surface area contributed by atoms with Gasteiger partial charge in [0, 0.05) is 5.56 Å².